The Morgan fingerprint density at radius 3 is 2.38 bits per heavy atom. The zero-order valence-corrected chi connectivity index (χ0v) is 23.6. The van der Waals surface area contributed by atoms with Crippen LogP contribution in [0.3, 0.4) is 0 Å². The van der Waals surface area contributed by atoms with Crippen LogP contribution >= 0.6 is 7.37 Å². The third kappa shape index (κ3) is 9.02. The number of nitrogens with zero attached hydrogens (tertiary/aromatic N) is 2. The molecular formula is C29H38N5O5P. The van der Waals surface area contributed by atoms with E-state index in [4.69, 9.17) is 5.73 Å². The molecule has 0 aliphatic carbocycles. The quantitative estimate of drug-likeness (QED) is 0.270. The highest BCUT2D eigenvalue weighted by Gasteiger charge is 2.35. The van der Waals surface area contributed by atoms with E-state index >= 15 is 0 Å². The van der Waals surface area contributed by atoms with Crippen LogP contribution in [0.25, 0.3) is 0 Å². The van der Waals surface area contributed by atoms with E-state index in [1.807, 2.05) is 60.7 Å². The Hall–Kier alpha value is -3.51. The van der Waals surface area contributed by atoms with Crippen LogP contribution in [0.5, 0.6) is 0 Å². The summed E-state index contributed by atoms with van der Waals surface area (Å²) in [6.45, 7) is 2.19. The molecule has 2 aromatic carbocycles. The van der Waals surface area contributed by atoms with Crippen LogP contribution in [0.1, 0.15) is 43.7 Å². The van der Waals surface area contributed by atoms with Gasteiger partial charge in [-0.1, -0.05) is 60.7 Å². The highest BCUT2D eigenvalue weighted by Crippen LogP contribution is 2.47. The average Bonchev–Trinajstić information content (AvgIpc) is 3.44. The van der Waals surface area contributed by atoms with E-state index in [2.05, 4.69) is 16.7 Å². The van der Waals surface area contributed by atoms with Crippen LogP contribution in [-0.4, -0.2) is 58.1 Å². The van der Waals surface area contributed by atoms with Gasteiger partial charge in [0, 0.05) is 25.7 Å². The fourth-order valence-electron chi connectivity index (χ4n) is 4.74. The minimum Gasteiger partial charge on any atom is -0.352 e. The summed E-state index contributed by atoms with van der Waals surface area (Å²) in [7, 11) is -4.01. The Bertz CT molecular complexity index is 1240. The molecule has 3 rings (SSSR count). The van der Waals surface area contributed by atoms with Gasteiger partial charge in [0.1, 0.15) is 11.8 Å². The Kier molecular flexibility index (Phi) is 11.4. The van der Waals surface area contributed by atoms with Gasteiger partial charge in [-0.25, -0.2) is 0 Å². The van der Waals surface area contributed by atoms with Crippen molar-refractivity contribution < 1.29 is 23.8 Å². The molecule has 0 saturated carbocycles. The van der Waals surface area contributed by atoms with Crippen molar-refractivity contribution in [2.75, 3.05) is 12.7 Å². The van der Waals surface area contributed by atoms with Crippen LogP contribution < -0.4 is 16.4 Å². The van der Waals surface area contributed by atoms with E-state index in [9.17, 15) is 29.1 Å². The maximum atomic E-state index is 13.4. The van der Waals surface area contributed by atoms with Crippen LogP contribution in [0.15, 0.2) is 60.7 Å². The first-order chi connectivity index (χ1) is 19.1. The number of hydrogen-bond acceptors (Lipinski definition) is 6. The number of hydrogen-bond donors (Lipinski definition) is 4. The van der Waals surface area contributed by atoms with Crippen molar-refractivity contribution in [2.45, 2.75) is 63.4 Å². The van der Waals surface area contributed by atoms with Gasteiger partial charge in [0.25, 0.3) is 0 Å². The molecule has 11 heteroatoms. The SMILES string of the molecule is CC(NC(=O)CCC(N)C(=O)N1CCCC1C#N)P(=O)(O)CC(Cc1ccccc1)C(=O)NCc1ccccc1. The Morgan fingerprint density at radius 1 is 1.12 bits per heavy atom. The summed E-state index contributed by atoms with van der Waals surface area (Å²) in [5.41, 5.74) is 7.76. The van der Waals surface area contributed by atoms with Gasteiger partial charge >= 0.3 is 0 Å². The number of nitrogens with one attached hydrogen (secondary N) is 2. The minimum absolute atomic E-state index is 0.0420. The molecule has 1 aliphatic rings. The van der Waals surface area contributed by atoms with Crippen molar-refractivity contribution in [1.82, 2.24) is 15.5 Å². The van der Waals surface area contributed by atoms with E-state index in [0.717, 1.165) is 17.5 Å². The zero-order valence-electron chi connectivity index (χ0n) is 22.7. The summed E-state index contributed by atoms with van der Waals surface area (Å²) >= 11 is 0. The molecule has 40 heavy (non-hydrogen) atoms. The summed E-state index contributed by atoms with van der Waals surface area (Å²) in [6, 6.07) is 19.3. The maximum Gasteiger partial charge on any atom is 0.240 e. The molecule has 2 aromatic rings. The molecule has 10 nitrogen and oxygen atoms in total. The predicted molar refractivity (Wildman–Crippen MR) is 152 cm³/mol. The smallest absolute Gasteiger partial charge is 0.240 e. The molecule has 1 saturated heterocycles. The summed E-state index contributed by atoms with van der Waals surface area (Å²) in [4.78, 5) is 50.7. The largest absolute Gasteiger partial charge is 0.352 e. The monoisotopic (exact) mass is 567 g/mol. The number of carbonyl (C=O) groups is 3. The molecule has 5 atom stereocenters. The summed E-state index contributed by atoms with van der Waals surface area (Å²) in [6.07, 6.45) is 1.22. The molecular weight excluding hydrogens is 529 g/mol. The minimum atomic E-state index is -4.01. The van der Waals surface area contributed by atoms with Gasteiger partial charge in [0.15, 0.2) is 0 Å². The number of nitrogens with two attached hydrogens (primary N) is 1. The van der Waals surface area contributed by atoms with Gasteiger partial charge in [0.05, 0.1) is 18.0 Å². The van der Waals surface area contributed by atoms with Crippen molar-refractivity contribution >= 4 is 25.1 Å². The van der Waals surface area contributed by atoms with Gasteiger partial charge in [-0.05, 0) is 43.7 Å². The van der Waals surface area contributed by atoms with Crippen LogP contribution in [0, 0.1) is 17.2 Å². The van der Waals surface area contributed by atoms with Crippen molar-refractivity contribution in [3.63, 3.8) is 0 Å². The molecule has 1 heterocycles. The molecule has 5 unspecified atom stereocenters. The topological polar surface area (TPSA) is 166 Å². The van der Waals surface area contributed by atoms with E-state index in [1.54, 1.807) is 0 Å². The normalized spacial score (nSPS) is 18.6. The second-order valence-electron chi connectivity index (χ2n) is 10.2. The Morgan fingerprint density at radius 2 is 1.75 bits per heavy atom. The first kappa shape index (κ1) is 31.0. The molecule has 0 aromatic heterocycles. The first-order valence-corrected chi connectivity index (χ1v) is 15.4. The number of amides is 3. The number of benzene rings is 2. The summed E-state index contributed by atoms with van der Waals surface area (Å²) < 4.78 is 13.4. The molecule has 0 bridgehead atoms. The van der Waals surface area contributed by atoms with E-state index in [1.165, 1.54) is 11.8 Å². The van der Waals surface area contributed by atoms with Crippen LogP contribution in [0.2, 0.25) is 0 Å². The Balaban J connectivity index is 1.57. The number of likely N-dealkylation sites (tertiary alicyclic amines) is 1. The zero-order chi connectivity index (χ0) is 29.1. The van der Waals surface area contributed by atoms with Crippen LogP contribution in [-0.2, 0) is 31.9 Å². The molecule has 214 valence electrons. The van der Waals surface area contributed by atoms with Crippen molar-refractivity contribution in [1.29, 1.82) is 5.26 Å². The molecule has 5 N–H and O–H groups in total. The first-order valence-electron chi connectivity index (χ1n) is 13.5. The number of rotatable bonds is 13. The lowest BCUT2D eigenvalue weighted by atomic mass is 10.00. The van der Waals surface area contributed by atoms with Gasteiger partial charge in [-0.3, -0.25) is 18.9 Å². The molecule has 0 radical (unpaired) electrons. The number of nitriles is 1. The van der Waals surface area contributed by atoms with Crippen molar-refractivity contribution in [3.8, 4) is 6.07 Å². The molecule has 1 aliphatic heterocycles. The lowest BCUT2D eigenvalue weighted by Crippen LogP contribution is -2.46. The van der Waals surface area contributed by atoms with Gasteiger partial charge < -0.3 is 26.2 Å². The fraction of sp³-hybridized carbons (Fsp3) is 0.448. The van der Waals surface area contributed by atoms with Crippen molar-refractivity contribution in [3.05, 3.63) is 71.8 Å². The highest BCUT2D eigenvalue weighted by molar-refractivity contribution is 7.58. The van der Waals surface area contributed by atoms with Gasteiger partial charge in [-0.2, -0.15) is 5.26 Å². The third-order valence-corrected chi connectivity index (χ3v) is 9.45. The Labute approximate surface area is 235 Å². The second-order valence-corrected chi connectivity index (χ2v) is 12.9. The van der Waals surface area contributed by atoms with Crippen LogP contribution in [0.4, 0.5) is 0 Å². The third-order valence-electron chi connectivity index (χ3n) is 7.15. The van der Waals surface area contributed by atoms with Gasteiger partial charge in [-0.15, -0.1) is 0 Å². The lowest BCUT2D eigenvalue weighted by molar-refractivity contribution is -0.133. The number of carbonyl (C=O) groups excluding carboxylic acids is 3. The second kappa shape index (κ2) is 14.8. The molecule has 0 spiro atoms. The standard InChI is InChI=1S/C29H38N5O5P/c1-21(33-27(35)15-14-26(31)29(37)34-16-8-13-25(34)18-30)40(38,39)20-24(17-22-9-4-2-5-10-22)28(36)32-19-23-11-6-3-7-12-23/h2-7,9-12,21,24-26H,8,13-17,19-20,31H2,1H3,(H,32,36)(H,33,35)(H,38,39). The maximum absolute atomic E-state index is 13.4. The predicted octanol–water partition coefficient (Wildman–Crippen LogP) is 2.52. The molecule has 3 amide bonds. The van der Waals surface area contributed by atoms with Crippen molar-refractivity contribution in [2.24, 2.45) is 11.7 Å². The van der Waals surface area contributed by atoms with E-state index in [0.29, 0.717) is 19.5 Å². The molecule has 1 fully saturated rings. The van der Waals surface area contributed by atoms with Gasteiger partial charge in [0.2, 0.25) is 25.1 Å². The lowest BCUT2D eigenvalue weighted by Gasteiger charge is -2.26. The fourth-order valence-corrected chi connectivity index (χ4v) is 6.32. The average molecular weight is 568 g/mol. The van der Waals surface area contributed by atoms with E-state index in [-0.39, 0.29) is 37.2 Å². The summed E-state index contributed by atoms with van der Waals surface area (Å²) in [5.74, 6) is -3.13. The summed E-state index contributed by atoms with van der Waals surface area (Å²) in [5, 5.41) is 14.6. The highest BCUT2D eigenvalue weighted by atomic mass is 31.2. The van der Waals surface area contributed by atoms with E-state index < -0.39 is 37.1 Å².